The molecular weight excluding hydrogens is 323 g/mol. The predicted molar refractivity (Wildman–Crippen MR) is 37.5 cm³/mol. The third-order valence-corrected chi connectivity index (χ3v) is 0. The first kappa shape index (κ1) is 13.0. The molecule has 0 heterocycles. The van der Waals surface area contributed by atoms with Gasteiger partial charge in [-0.1, -0.05) is 0 Å². The standard InChI is InChI=1S/C2H6OS.3ClH.Nd/c1-4(2)3;;;;/h1-2H3;3*1H;/q;;;;+3/p-3. The fourth-order valence-electron chi connectivity index (χ4n) is 0. The molecule has 1 nitrogen and oxygen atoms in total. The summed E-state index contributed by atoms with van der Waals surface area (Å²) in [7, 11) is -0.611. The van der Waals surface area contributed by atoms with Crippen molar-refractivity contribution in [2.24, 2.45) is 0 Å². The molecular formula is C2H6Cl3NdOS. The van der Waals surface area contributed by atoms with E-state index in [1.807, 2.05) is 0 Å². The molecule has 0 aromatic heterocycles. The Kier molecular flexibility index (Phi) is 15.2. The first-order valence-electron chi connectivity index (χ1n) is 1.55. The van der Waals surface area contributed by atoms with Gasteiger partial charge in [-0.3, -0.25) is 4.21 Å². The van der Waals surface area contributed by atoms with Crippen molar-refractivity contribution in [3.63, 3.8) is 0 Å². The Labute approximate surface area is 73.2 Å². The summed E-state index contributed by atoms with van der Waals surface area (Å²) in [5, 5.41) is 0. The van der Waals surface area contributed by atoms with E-state index >= 15 is 0 Å². The van der Waals surface area contributed by atoms with Gasteiger partial charge in [-0.05, 0) is 0 Å². The van der Waals surface area contributed by atoms with Crippen LogP contribution in [0.15, 0.2) is 0 Å². The van der Waals surface area contributed by atoms with Gasteiger partial charge in [-0.2, -0.15) is 0 Å². The van der Waals surface area contributed by atoms with E-state index in [9.17, 15) is 4.21 Å². The average Bonchev–Trinajstić information content (AvgIpc) is 1.25. The van der Waals surface area contributed by atoms with Crippen molar-refractivity contribution in [3.8, 4) is 0 Å². The molecule has 0 aromatic rings. The van der Waals surface area contributed by atoms with Gasteiger partial charge in [0, 0.05) is 23.3 Å². The molecule has 0 rings (SSSR count). The van der Waals surface area contributed by atoms with Crippen molar-refractivity contribution in [3.05, 3.63) is 0 Å². The first-order chi connectivity index (χ1) is 3.46. The van der Waals surface area contributed by atoms with Gasteiger partial charge in [0.2, 0.25) is 0 Å². The van der Waals surface area contributed by atoms with Crippen molar-refractivity contribution in [1.82, 2.24) is 0 Å². The summed E-state index contributed by atoms with van der Waals surface area (Å²) in [5.41, 5.74) is 0. The molecule has 8 heavy (non-hydrogen) atoms. The zero-order chi connectivity index (χ0) is 7.15. The maximum absolute atomic E-state index is 9.56. The van der Waals surface area contributed by atoms with Crippen molar-refractivity contribution < 1.29 is 34.1 Å². The van der Waals surface area contributed by atoms with E-state index in [2.05, 4.69) is 0 Å². The molecule has 0 bridgehead atoms. The Morgan fingerprint density at radius 3 is 1.25 bits per heavy atom. The van der Waals surface area contributed by atoms with Gasteiger partial charge in [0.15, 0.2) is 0 Å². The summed E-state index contributed by atoms with van der Waals surface area (Å²) in [5.74, 6) is 15.1. The zero-order valence-corrected chi connectivity index (χ0v) is 10.7. The van der Waals surface area contributed by atoms with Gasteiger partial charge in [0.05, 0.1) is 0 Å². The normalized spacial score (nSPS) is 7.75. The zero-order valence-electron chi connectivity index (χ0n) is 4.45. The summed E-state index contributed by atoms with van der Waals surface area (Å²) in [6.45, 7) is 0. The van der Waals surface area contributed by atoms with Crippen LogP contribution in [0.1, 0.15) is 0 Å². The minimum absolute atomic E-state index is 0.611. The Morgan fingerprint density at radius 1 is 1.25 bits per heavy atom. The number of halogens is 3. The van der Waals surface area contributed by atoms with Crippen molar-refractivity contribution in [2.75, 3.05) is 12.5 Å². The fraction of sp³-hybridized carbons (Fsp3) is 1.00. The molecule has 0 atom stereocenters. The van der Waals surface area contributed by atoms with E-state index in [0.717, 1.165) is 0 Å². The Morgan fingerprint density at radius 2 is 1.25 bits per heavy atom. The number of hydrogen-bond acceptors (Lipinski definition) is 1. The first-order valence-corrected chi connectivity index (χ1v) is 15.6. The van der Waals surface area contributed by atoms with E-state index in [1.54, 1.807) is 12.5 Å². The third kappa shape index (κ3) is 80.9. The molecule has 0 fully saturated rings. The molecule has 0 amide bonds. The molecule has 0 aromatic carbocycles. The summed E-state index contributed by atoms with van der Waals surface area (Å²) >= 11 is -2.24. The van der Waals surface area contributed by atoms with Crippen LogP contribution in [-0.2, 0) is 10.8 Å². The van der Waals surface area contributed by atoms with Crippen LogP contribution in [0.25, 0.3) is 0 Å². The second kappa shape index (κ2) is 9.37. The minimum atomic E-state index is -2.24. The van der Waals surface area contributed by atoms with Crippen LogP contribution in [0.3, 0.4) is 0 Å². The molecule has 0 aliphatic heterocycles. The molecule has 0 unspecified atom stereocenters. The second-order valence-corrected chi connectivity index (χ2v) is 16.5. The molecule has 51 valence electrons. The van der Waals surface area contributed by atoms with E-state index in [-0.39, 0.29) is 0 Å². The quantitative estimate of drug-likeness (QED) is 0.665. The average molecular weight is 329 g/mol. The molecule has 0 saturated heterocycles. The van der Waals surface area contributed by atoms with Gasteiger partial charge < -0.3 is 0 Å². The Balaban J connectivity index is 0. The molecule has 0 spiro atoms. The SMILES string of the molecule is CS(C)=O.[Cl][Nd]([Cl])[Cl]. The van der Waals surface area contributed by atoms with E-state index < -0.39 is 40.7 Å². The molecule has 0 radical (unpaired) electrons. The second-order valence-electron chi connectivity index (χ2n) is 0.956. The van der Waals surface area contributed by atoms with Gasteiger partial charge in [-0.25, -0.2) is 0 Å². The fourth-order valence-corrected chi connectivity index (χ4v) is 0. The summed E-state index contributed by atoms with van der Waals surface area (Å²) in [6.07, 6.45) is 3.28. The van der Waals surface area contributed by atoms with Crippen LogP contribution >= 0.6 is 17.4 Å². The predicted octanol–water partition coefficient (Wildman–Crippen LogP) is 2.06. The van der Waals surface area contributed by atoms with Crippen LogP contribution in [0.4, 0.5) is 0 Å². The van der Waals surface area contributed by atoms with Gasteiger partial charge in [0.25, 0.3) is 0 Å². The van der Waals surface area contributed by atoms with Crippen LogP contribution in [0, 0.1) is 29.9 Å². The molecule has 0 N–H and O–H groups in total. The topological polar surface area (TPSA) is 17.1 Å². The van der Waals surface area contributed by atoms with Gasteiger partial charge in [-0.15, -0.1) is 0 Å². The van der Waals surface area contributed by atoms with E-state index in [1.165, 1.54) is 0 Å². The van der Waals surface area contributed by atoms with Crippen LogP contribution in [0.5, 0.6) is 0 Å². The Hall–Kier alpha value is 2.37. The Bertz CT molecular complexity index is 61.5. The molecule has 0 aliphatic carbocycles. The summed E-state index contributed by atoms with van der Waals surface area (Å²) in [6, 6.07) is 0. The monoisotopic (exact) mass is 325 g/mol. The summed E-state index contributed by atoms with van der Waals surface area (Å²) in [4.78, 5) is 0. The maximum atomic E-state index is 9.56. The molecule has 0 saturated carbocycles. The van der Waals surface area contributed by atoms with Crippen molar-refractivity contribution >= 4 is 28.2 Å². The van der Waals surface area contributed by atoms with Gasteiger partial charge in [0.1, 0.15) is 0 Å². The van der Waals surface area contributed by atoms with Crippen molar-refractivity contribution in [2.45, 2.75) is 0 Å². The van der Waals surface area contributed by atoms with Crippen LogP contribution in [0.2, 0.25) is 0 Å². The van der Waals surface area contributed by atoms with Crippen LogP contribution < -0.4 is 0 Å². The summed E-state index contributed by atoms with van der Waals surface area (Å²) < 4.78 is 9.56. The number of hydrogen-bond donors (Lipinski definition) is 0. The molecule has 0 aliphatic rings. The molecule has 6 heteroatoms. The van der Waals surface area contributed by atoms with Gasteiger partial charge >= 0.3 is 47.3 Å². The van der Waals surface area contributed by atoms with E-state index in [4.69, 9.17) is 17.4 Å². The number of rotatable bonds is 0. The van der Waals surface area contributed by atoms with Crippen LogP contribution in [-0.4, -0.2) is 16.7 Å². The van der Waals surface area contributed by atoms with Crippen molar-refractivity contribution in [1.29, 1.82) is 0 Å². The third-order valence-electron chi connectivity index (χ3n) is 0. The van der Waals surface area contributed by atoms with E-state index in [0.29, 0.717) is 0 Å².